The molecule has 0 fully saturated rings. The third-order valence-corrected chi connectivity index (χ3v) is 5.05. The van der Waals surface area contributed by atoms with Crippen LogP contribution in [0, 0.1) is 17.1 Å². The molecule has 0 atom stereocenters. The minimum atomic E-state index is -0.598. The Balaban J connectivity index is 1.58. The molecule has 0 spiro atoms. The third-order valence-electron chi connectivity index (χ3n) is 5.05. The molecule has 3 N–H and O–H groups in total. The van der Waals surface area contributed by atoms with E-state index >= 15 is 0 Å². The Kier molecular flexibility index (Phi) is 6.37. The largest absolute Gasteiger partial charge is 0.508 e. The SMILES string of the molecule is N#C/C(=C/c1cn(CC(=O)Nc2ccc(F)cc2)c2ccccc12)C(=O)Nc1ccc(O)cc1. The van der Waals surface area contributed by atoms with E-state index < -0.39 is 11.7 Å². The quantitative estimate of drug-likeness (QED) is 0.224. The molecule has 0 saturated heterocycles. The first-order valence-corrected chi connectivity index (χ1v) is 10.3. The summed E-state index contributed by atoms with van der Waals surface area (Å²) >= 11 is 0. The molecule has 0 aliphatic rings. The fourth-order valence-electron chi connectivity index (χ4n) is 3.46. The molecule has 4 aromatic rings. The smallest absolute Gasteiger partial charge is 0.266 e. The number of carbonyl (C=O) groups is 2. The molecule has 168 valence electrons. The van der Waals surface area contributed by atoms with Crippen molar-refractivity contribution in [1.82, 2.24) is 4.57 Å². The van der Waals surface area contributed by atoms with E-state index in [2.05, 4.69) is 10.6 Å². The van der Waals surface area contributed by atoms with Crippen LogP contribution < -0.4 is 10.6 Å². The number of aromatic hydroxyl groups is 1. The first-order valence-electron chi connectivity index (χ1n) is 10.3. The highest BCUT2D eigenvalue weighted by Crippen LogP contribution is 2.24. The Bertz CT molecular complexity index is 1430. The van der Waals surface area contributed by atoms with E-state index in [0.29, 0.717) is 16.9 Å². The zero-order valence-corrected chi connectivity index (χ0v) is 17.8. The maximum atomic E-state index is 13.1. The van der Waals surface area contributed by atoms with Crippen LogP contribution >= 0.6 is 0 Å². The van der Waals surface area contributed by atoms with Crippen molar-refractivity contribution >= 4 is 40.2 Å². The van der Waals surface area contributed by atoms with Gasteiger partial charge in [-0.25, -0.2) is 4.39 Å². The van der Waals surface area contributed by atoms with E-state index in [9.17, 15) is 24.3 Å². The summed E-state index contributed by atoms with van der Waals surface area (Å²) in [4.78, 5) is 25.2. The maximum absolute atomic E-state index is 13.1. The maximum Gasteiger partial charge on any atom is 0.266 e. The summed E-state index contributed by atoms with van der Waals surface area (Å²) in [6.45, 7) is -0.0205. The number of nitriles is 1. The van der Waals surface area contributed by atoms with Crippen LogP contribution in [-0.4, -0.2) is 21.5 Å². The van der Waals surface area contributed by atoms with Crippen molar-refractivity contribution in [2.45, 2.75) is 6.54 Å². The Morgan fingerprint density at radius 3 is 2.32 bits per heavy atom. The average molecular weight is 454 g/mol. The van der Waals surface area contributed by atoms with Gasteiger partial charge < -0.3 is 20.3 Å². The van der Waals surface area contributed by atoms with Gasteiger partial charge in [0.15, 0.2) is 0 Å². The number of para-hydroxylation sites is 1. The lowest BCUT2D eigenvalue weighted by molar-refractivity contribution is -0.116. The first-order chi connectivity index (χ1) is 16.4. The van der Waals surface area contributed by atoms with Gasteiger partial charge in [0.2, 0.25) is 5.91 Å². The topological polar surface area (TPSA) is 107 Å². The number of phenols is 1. The second kappa shape index (κ2) is 9.71. The summed E-state index contributed by atoms with van der Waals surface area (Å²) in [5.41, 5.74) is 2.14. The summed E-state index contributed by atoms with van der Waals surface area (Å²) < 4.78 is 14.8. The molecule has 1 heterocycles. The standard InChI is InChI=1S/C26H19FN4O3/c27-19-5-7-20(8-6-19)29-25(33)16-31-15-18(23-3-1-2-4-24(23)31)13-17(14-28)26(34)30-21-9-11-22(32)12-10-21/h1-13,15,32H,16H2,(H,29,33)(H,30,34)/b17-13-. The fourth-order valence-corrected chi connectivity index (χ4v) is 3.46. The third kappa shape index (κ3) is 5.11. The van der Waals surface area contributed by atoms with Gasteiger partial charge in [-0.3, -0.25) is 9.59 Å². The van der Waals surface area contributed by atoms with Gasteiger partial charge in [0.1, 0.15) is 29.8 Å². The van der Waals surface area contributed by atoms with Crippen LogP contribution in [0.15, 0.2) is 84.6 Å². The van der Waals surface area contributed by atoms with Crippen LogP contribution in [0.2, 0.25) is 0 Å². The summed E-state index contributed by atoms with van der Waals surface area (Å²) in [7, 11) is 0. The number of rotatable bonds is 6. The lowest BCUT2D eigenvalue weighted by Crippen LogP contribution is -2.18. The molecule has 0 aliphatic carbocycles. The second-order valence-electron chi connectivity index (χ2n) is 7.46. The molecule has 1 aromatic heterocycles. The molecule has 4 rings (SSSR count). The number of fused-ring (bicyclic) bond motifs is 1. The van der Waals surface area contributed by atoms with Crippen molar-refractivity contribution in [2.24, 2.45) is 0 Å². The Morgan fingerprint density at radius 1 is 0.971 bits per heavy atom. The molecular formula is C26H19FN4O3. The molecule has 0 radical (unpaired) electrons. The van der Waals surface area contributed by atoms with Gasteiger partial charge in [0.05, 0.1) is 0 Å². The zero-order chi connectivity index (χ0) is 24.1. The molecule has 0 unspecified atom stereocenters. The number of amides is 2. The number of nitrogens with one attached hydrogen (secondary N) is 2. The molecule has 0 bridgehead atoms. The summed E-state index contributed by atoms with van der Waals surface area (Å²) in [6, 6.07) is 20.6. The molecule has 0 saturated carbocycles. The summed E-state index contributed by atoms with van der Waals surface area (Å²) in [5.74, 6) is -1.24. The molecule has 0 aliphatic heterocycles. The van der Waals surface area contributed by atoms with Crippen LogP contribution in [0.25, 0.3) is 17.0 Å². The number of phenolic OH excluding ortho intramolecular Hbond substituents is 1. The van der Waals surface area contributed by atoms with E-state index in [-0.39, 0.29) is 23.8 Å². The van der Waals surface area contributed by atoms with E-state index in [1.165, 1.54) is 54.6 Å². The number of nitrogens with zero attached hydrogens (tertiary/aromatic N) is 2. The Hall–Kier alpha value is -4.90. The number of benzene rings is 3. The van der Waals surface area contributed by atoms with Gasteiger partial charge in [0.25, 0.3) is 5.91 Å². The highest BCUT2D eigenvalue weighted by molar-refractivity contribution is 6.10. The zero-order valence-electron chi connectivity index (χ0n) is 17.8. The number of hydrogen-bond donors (Lipinski definition) is 3. The van der Waals surface area contributed by atoms with Crippen molar-refractivity contribution in [3.63, 3.8) is 0 Å². The summed E-state index contributed by atoms with van der Waals surface area (Å²) in [6.07, 6.45) is 3.16. The van der Waals surface area contributed by atoms with Gasteiger partial charge in [-0.15, -0.1) is 0 Å². The number of anilines is 2. The van der Waals surface area contributed by atoms with Crippen LogP contribution in [0.4, 0.5) is 15.8 Å². The molecule has 8 heteroatoms. The number of hydrogen-bond acceptors (Lipinski definition) is 4. The highest BCUT2D eigenvalue weighted by Gasteiger charge is 2.14. The number of aromatic nitrogens is 1. The molecule has 2 amide bonds. The van der Waals surface area contributed by atoms with Crippen LogP contribution in [0.5, 0.6) is 5.75 Å². The minimum Gasteiger partial charge on any atom is -0.508 e. The van der Waals surface area contributed by atoms with E-state index in [1.807, 2.05) is 30.3 Å². The van der Waals surface area contributed by atoms with Crippen molar-refractivity contribution in [2.75, 3.05) is 10.6 Å². The van der Waals surface area contributed by atoms with Gasteiger partial charge in [-0.05, 0) is 60.7 Å². The fraction of sp³-hybridized carbons (Fsp3) is 0.0385. The first kappa shape index (κ1) is 22.3. The van der Waals surface area contributed by atoms with Gasteiger partial charge in [0, 0.05) is 34.0 Å². The lowest BCUT2D eigenvalue weighted by atomic mass is 10.1. The lowest BCUT2D eigenvalue weighted by Gasteiger charge is -2.07. The minimum absolute atomic E-state index is 0.0205. The Morgan fingerprint density at radius 2 is 1.62 bits per heavy atom. The van der Waals surface area contributed by atoms with E-state index in [1.54, 1.807) is 10.8 Å². The van der Waals surface area contributed by atoms with Crippen molar-refractivity contribution < 1.29 is 19.1 Å². The average Bonchev–Trinajstić information content (AvgIpc) is 3.17. The van der Waals surface area contributed by atoms with Gasteiger partial charge >= 0.3 is 0 Å². The van der Waals surface area contributed by atoms with Gasteiger partial charge in [-0.2, -0.15) is 5.26 Å². The monoisotopic (exact) mass is 454 g/mol. The second-order valence-corrected chi connectivity index (χ2v) is 7.46. The normalized spacial score (nSPS) is 11.1. The van der Waals surface area contributed by atoms with Crippen LogP contribution in [-0.2, 0) is 16.1 Å². The molecular weight excluding hydrogens is 435 g/mol. The molecule has 34 heavy (non-hydrogen) atoms. The van der Waals surface area contributed by atoms with Crippen molar-refractivity contribution in [3.05, 3.63) is 95.9 Å². The Labute approximate surface area is 194 Å². The molecule has 7 nitrogen and oxygen atoms in total. The summed E-state index contributed by atoms with van der Waals surface area (Å²) in [5, 5.41) is 25.1. The predicted molar refractivity (Wildman–Crippen MR) is 127 cm³/mol. The van der Waals surface area contributed by atoms with Crippen molar-refractivity contribution in [3.8, 4) is 11.8 Å². The predicted octanol–water partition coefficient (Wildman–Crippen LogP) is 4.67. The number of halogens is 1. The highest BCUT2D eigenvalue weighted by atomic mass is 19.1. The van der Waals surface area contributed by atoms with Crippen molar-refractivity contribution in [1.29, 1.82) is 5.26 Å². The van der Waals surface area contributed by atoms with Gasteiger partial charge in [-0.1, -0.05) is 18.2 Å². The van der Waals surface area contributed by atoms with E-state index in [4.69, 9.17) is 0 Å². The number of carbonyl (C=O) groups excluding carboxylic acids is 2. The van der Waals surface area contributed by atoms with Crippen LogP contribution in [0.3, 0.4) is 0 Å². The molecule has 3 aromatic carbocycles. The van der Waals surface area contributed by atoms with E-state index in [0.717, 1.165) is 10.9 Å². The van der Waals surface area contributed by atoms with Crippen LogP contribution in [0.1, 0.15) is 5.56 Å².